The number of benzene rings is 10. The molecule has 95 heavy (non-hydrogen) atoms. The Balaban J connectivity index is 0.000000132. The molecule has 1 aliphatic heterocycles. The predicted octanol–water partition coefficient (Wildman–Crippen LogP) is 21.2. The molecule has 11 heteroatoms. The molecule has 3 fully saturated rings. The summed E-state index contributed by atoms with van der Waals surface area (Å²) in [7, 11) is 8.46. The number of aromatic nitrogens is 2. The number of hydrogen-bond donors (Lipinski definition) is 0. The average molecular weight is 1480 g/mol. The van der Waals surface area contributed by atoms with Crippen LogP contribution in [0.25, 0.3) is 32.8 Å². The molecule has 0 N–H and O–H groups in total. The summed E-state index contributed by atoms with van der Waals surface area (Å²) in [4.78, 5) is 8.44. The maximum Gasteiger partial charge on any atom is 0.0702 e. The van der Waals surface area contributed by atoms with E-state index < -0.39 is 15.8 Å². The van der Waals surface area contributed by atoms with Crippen molar-refractivity contribution in [3.8, 4) is 11.3 Å². The van der Waals surface area contributed by atoms with Crippen molar-refractivity contribution in [2.45, 2.75) is 115 Å². The van der Waals surface area contributed by atoms with Crippen LogP contribution in [0.2, 0.25) is 0 Å². The van der Waals surface area contributed by atoms with Gasteiger partial charge in [0.25, 0.3) is 0 Å². The molecule has 0 atom stereocenters. The van der Waals surface area contributed by atoms with E-state index in [1.807, 2.05) is 30.5 Å². The molecule has 486 valence electrons. The summed E-state index contributed by atoms with van der Waals surface area (Å²) in [6.45, 7) is 8.48. The minimum Gasteiger partial charge on any atom is -0.256 e. The van der Waals surface area contributed by atoms with E-state index in [0.717, 1.165) is 15.8 Å². The minimum absolute atomic E-state index is 0.106. The van der Waals surface area contributed by atoms with Crippen molar-refractivity contribution < 1.29 is 25.2 Å². The largest absolute Gasteiger partial charge is 0.256 e. The Morgan fingerprint density at radius 1 is 0.389 bits per heavy atom. The van der Waals surface area contributed by atoms with Gasteiger partial charge in [0.2, 0.25) is 0 Å². The summed E-state index contributed by atoms with van der Waals surface area (Å²) in [6, 6.07) is 103. The van der Waals surface area contributed by atoms with Gasteiger partial charge in [0, 0.05) is 18.0 Å². The van der Waals surface area contributed by atoms with Crippen molar-refractivity contribution in [2.75, 3.05) is 0 Å². The van der Waals surface area contributed by atoms with Gasteiger partial charge in [-0.25, -0.2) is 4.98 Å². The van der Waals surface area contributed by atoms with Crippen LogP contribution in [-0.4, -0.2) is 28.3 Å². The zero-order valence-electron chi connectivity index (χ0n) is 54.7. The van der Waals surface area contributed by atoms with Crippen molar-refractivity contribution in [2.24, 2.45) is 0 Å². The van der Waals surface area contributed by atoms with Crippen LogP contribution < -0.4 is 37.3 Å². The van der Waals surface area contributed by atoms with Crippen LogP contribution in [0.5, 0.6) is 0 Å². The van der Waals surface area contributed by atoms with Crippen LogP contribution in [0.15, 0.2) is 308 Å². The number of hydrogen-bond acceptors (Lipinski definition) is 4. The average Bonchev–Trinajstić information content (AvgIpc) is 1.73. The first-order valence-electron chi connectivity index (χ1n) is 33.1. The zero-order valence-corrected chi connectivity index (χ0v) is 61.2. The van der Waals surface area contributed by atoms with Gasteiger partial charge in [0.05, 0.1) is 16.9 Å². The second kappa shape index (κ2) is 36.8. The van der Waals surface area contributed by atoms with Gasteiger partial charge in [0.1, 0.15) is 4.60 Å². The molecular weight excluding hydrogens is 1400 g/mol. The molecule has 3 heterocycles. The SMILES string of the molecule is Brc1ccccn1.CC1(C)OB(c2cc(C3CCCCC3)c3ccccc3c2)OC1(C)C.[Cl][Pd][Cl].c1ccc(-c2cc(C3CCCCC3)c3ccccc3c2)nc1.c1ccc(P(c2ccccc2)c2ccccc2)cc1.c1ccc(P(c2ccccc2)c2ccccc2)cc1. The second-order valence-electron chi connectivity index (χ2n) is 25.0. The number of nitrogens with zero attached hydrogens (tertiary/aromatic N) is 2. The van der Waals surface area contributed by atoms with Crippen molar-refractivity contribution in [1.29, 1.82) is 0 Å². The normalized spacial score (nSPS) is 14.9. The molecule has 2 aliphatic carbocycles. The van der Waals surface area contributed by atoms with Gasteiger partial charge in [-0.3, -0.25) is 4.98 Å². The molecule has 2 aromatic heterocycles. The van der Waals surface area contributed by atoms with Gasteiger partial charge in [-0.05, 0) is 203 Å². The van der Waals surface area contributed by atoms with E-state index in [-0.39, 0.29) is 34.3 Å². The Morgan fingerprint density at radius 3 is 1.05 bits per heavy atom. The van der Waals surface area contributed by atoms with Crippen molar-refractivity contribution in [1.82, 2.24) is 9.97 Å². The molecule has 2 saturated carbocycles. The summed E-state index contributed by atoms with van der Waals surface area (Å²) in [5.74, 6) is 1.38. The molecule has 10 aromatic carbocycles. The van der Waals surface area contributed by atoms with Crippen LogP contribution in [0.3, 0.4) is 0 Å². The number of rotatable bonds is 10. The summed E-state index contributed by atoms with van der Waals surface area (Å²) in [5.41, 5.74) is 5.91. The molecule has 0 amide bonds. The number of halogens is 3. The van der Waals surface area contributed by atoms with E-state index >= 15 is 0 Å². The Morgan fingerprint density at radius 2 is 0.716 bits per heavy atom. The predicted molar refractivity (Wildman–Crippen MR) is 412 cm³/mol. The Labute approximate surface area is 592 Å². The van der Waals surface area contributed by atoms with E-state index in [0.29, 0.717) is 11.8 Å². The van der Waals surface area contributed by atoms with Crippen LogP contribution in [-0.2, 0) is 25.2 Å². The molecule has 0 unspecified atom stereocenters. The molecule has 3 aliphatic rings. The summed E-state index contributed by atoms with van der Waals surface area (Å²) >= 11 is 3.09. The molecule has 0 radical (unpaired) electrons. The van der Waals surface area contributed by atoms with E-state index in [4.69, 9.17) is 28.4 Å². The maximum atomic E-state index is 6.32. The van der Waals surface area contributed by atoms with Crippen molar-refractivity contribution in [3.05, 3.63) is 319 Å². The third-order valence-electron chi connectivity index (χ3n) is 18.1. The number of fused-ring (bicyclic) bond motifs is 2. The second-order valence-corrected chi connectivity index (χ2v) is 32.6. The smallest absolute Gasteiger partial charge is 0.0702 e. The standard InChI is InChI=1S/C22H29BO2.C21H21N.2C18H15P.C5H4BrN.2ClH.Pd/c1-21(2)22(3,4)25-23(24-21)18-14-17-12-8-9-13-19(17)20(15-18)16-10-6-5-7-11-16;1-2-8-16(9-3-1)20-15-18(21-12-6-7-13-22-21)14-17-10-4-5-11-19(17)20;2*1-4-10-16(11-5-1)19(17-12-6-2-7-13-17)18-14-8-3-9-15-18;6-5-3-1-2-4-7-5;;;/h8-9,12-16H,5-7,10-11H2,1-4H3;4-7,10-16H,1-3,8-9H2;2*1-15H;1-4H;2*1H;/q;;;;;;;+2/p-2. The van der Waals surface area contributed by atoms with Gasteiger partial charge in [-0.1, -0.05) is 293 Å². The van der Waals surface area contributed by atoms with Crippen LogP contribution >= 0.6 is 50.8 Å². The quantitative estimate of drug-likeness (QED) is 0.0778. The summed E-state index contributed by atoms with van der Waals surface area (Å²) in [6.07, 6.45) is 17.1. The summed E-state index contributed by atoms with van der Waals surface area (Å²) < 4.78 is 13.5. The minimum atomic E-state index is -0.446. The molecule has 0 bridgehead atoms. The molecular formula is C84H84BBrCl2N2O2P2Pd. The molecule has 0 spiro atoms. The van der Waals surface area contributed by atoms with Gasteiger partial charge >= 0.3 is 42.1 Å². The molecule has 1 saturated heterocycles. The first kappa shape index (κ1) is 71.4. The monoisotopic (exact) mass is 1480 g/mol. The molecule has 12 aromatic rings. The van der Waals surface area contributed by atoms with Crippen LogP contribution in [0.4, 0.5) is 0 Å². The first-order valence-corrected chi connectivity index (χ1v) is 40.6. The van der Waals surface area contributed by atoms with Gasteiger partial charge in [0.15, 0.2) is 0 Å². The van der Waals surface area contributed by atoms with Crippen LogP contribution in [0.1, 0.15) is 115 Å². The van der Waals surface area contributed by atoms with Gasteiger partial charge in [-0.2, -0.15) is 0 Å². The zero-order chi connectivity index (χ0) is 66.1. The Hall–Kier alpha value is -6.41. The van der Waals surface area contributed by atoms with Crippen LogP contribution in [0, 0.1) is 0 Å². The Kier molecular flexibility index (Phi) is 27.6. The van der Waals surface area contributed by atoms with E-state index in [2.05, 4.69) is 321 Å². The van der Waals surface area contributed by atoms with E-state index in [1.165, 1.54) is 134 Å². The van der Waals surface area contributed by atoms with E-state index in [9.17, 15) is 0 Å². The molecule has 4 nitrogen and oxygen atoms in total. The first-order chi connectivity index (χ1) is 46.5. The summed E-state index contributed by atoms with van der Waals surface area (Å²) in [5, 5.41) is 13.9. The van der Waals surface area contributed by atoms with Crippen molar-refractivity contribution in [3.63, 3.8) is 0 Å². The third-order valence-corrected chi connectivity index (χ3v) is 23.5. The van der Waals surface area contributed by atoms with Crippen molar-refractivity contribution >= 4 is 117 Å². The molecule has 15 rings (SSSR count). The van der Waals surface area contributed by atoms with E-state index in [1.54, 1.807) is 6.20 Å². The maximum absolute atomic E-state index is 6.32. The Bertz CT molecular complexity index is 3860. The van der Waals surface area contributed by atoms with Gasteiger partial charge in [-0.15, -0.1) is 0 Å². The topological polar surface area (TPSA) is 44.2 Å². The fourth-order valence-electron chi connectivity index (χ4n) is 12.7. The number of pyridine rings is 2. The fraction of sp³-hybridized carbons (Fsp3) is 0.214. The van der Waals surface area contributed by atoms with Gasteiger partial charge < -0.3 is 9.31 Å². The third kappa shape index (κ3) is 20.1. The fourth-order valence-corrected chi connectivity index (χ4v) is 17.6.